The molecule has 0 spiro atoms. The zero-order chi connectivity index (χ0) is 26.1. The number of aromatic amines is 1. The Morgan fingerprint density at radius 2 is 1.76 bits per heavy atom. The Balaban J connectivity index is 1.69. The van der Waals surface area contributed by atoms with Gasteiger partial charge in [0, 0.05) is 33.8 Å². The Hall–Kier alpha value is -4.11. The Morgan fingerprint density at radius 3 is 2.46 bits per heavy atom. The van der Waals surface area contributed by atoms with Gasteiger partial charge in [0.25, 0.3) is 5.56 Å². The molecule has 3 aromatic carbocycles. The molecule has 0 saturated carbocycles. The van der Waals surface area contributed by atoms with Crippen molar-refractivity contribution in [3.05, 3.63) is 105 Å². The number of carboxylic acids is 1. The van der Waals surface area contributed by atoms with Crippen LogP contribution in [-0.4, -0.2) is 32.7 Å². The Kier molecular flexibility index (Phi) is 6.71. The maximum Gasteiger partial charge on any atom is 0.303 e. The van der Waals surface area contributed by atoms with Gasteiger partial charge in [0.05, 0.1) is 23.7 Å². The molecule has 1 atom stereocenters. The number of carboxylic acid groups (broad SMARTS) is 1. The zero-order valence-electron chi connectivity index (χ0n) is 19.4. The van der Waals surface area contributed by atoms with Crippen molar-refractivity contribution in [1.82, 2.24) is 9.99 Å². The Labute approximate surface area is 219 Å². The highest BCUT2D eigenvalue weighted by molar-refractivity contribution is 9.10. The molecule has 1 aliphatic heterocycles. The highest BCUT2D eigenvalue weighted by Crippen LogP contribution is 2.37. The van der Waals surface area contributed by atoms with Crippen molar-refractivity contribution in [2.75, 3.05) is 0 Å². The normalized spacial score (nSPS) is 15.1. The lowest BCUT2D eigenvalue weighted by molar-refractivity contribution is -0.141. The minimum Gasteiger partial charge on any atom is -0.481 e. The van der Waals surface area contributed by atoms with Crippen LogP contribution in [0.4, 0.5) is 4.39 Å². The summed E-state index contributed by atoms with van der Waals surface area (Å²) in [6.45, 7) is 0. The van der Waals surface area contributed by atoms with Crippen LogP contribution in [0.5, 0.6) is 0 Å². The maximum absolute atomic E-state index is 13.6. The molecule has 1 unspecified atom stereocenters. The van der Waals surface area contributed by atoms with E-state index in [1.54, 1.807) is 12.1 Å². The van der Waals surface area contributed by atoms with Gasteiger partial charge in [-0.1, -0.05) is 58.4 Å². The molecule has 186 valence electrons. The lowest BCUT2D eigenvalue weighted by Gasteiger charge is -2.21. The molecule has 5 rings (SSSR count). The first-order valence-corrected chi connectivity index (χ1v) is 12.4. The van der Waals surface area contributed by atoms with Crippen LogP contribution in [0, 0.1) is 5.82 Å². The number of aromatic nitrogens is 1. The van der Waals surface area contributed by atoms with Gasteiger partial charge in [-0.2, -0.15) is 5.10 Å². The molecule has 0 bridgehead atoms. The summed E-state index contributed by atoms with van der Waals surface area (Å²) in [5, 5.41) is 15.7. The number of aliphatic carboxylic acids is 1. The number of H-pyrrole nitrogens is 1. The number of amides is 1. The molecule has 0 radical (unpaired) electrons. The first-order valence-electron chi connectivity index (χ1n) is 11.6. The van der Waals surface area contributed by atoms with Crippen molar-refractivity contribution in [3.63, 3.8) is 0 Å². The van der Waals surface area contributed by atoms with Crippen LogP contribution in [0.2, 0.25) is 0 Å². The first kappa shape index (κ1) is 24.6. The molecule has 2 N–H and O–H groups in total. The van der Waals surface area contributed by atoms with Crippen LogP contribution in [0.25, 0.3) is 22.0 Å². The van der Waals surface area contributed by atoms with Crippen LogP contribution in [0.3, 0.4) is 0 Å². The third kappa shape index (κ3) is 4.95. The van der Waals surface area contributed by atoms with Gasteiger partial charge in [0.15, 0.2) is 0 Å². The first-order chi connectivity index (χ1) is 17.8. The van der Waals surface area contributed by atoms with Gasteiger partial charge >= 0.3 is 5.97 Å². The predicted molar refractivity (Wildman–Crippen MR) is 142 cm³/mol. The monoisotopic (exact) mass is 561 g/mol. The van der Waals surface area contributed by atoms with Crippen molar-refractivity contribution in [1.29, 1.82) is 0 Å². The highest BCUT2D eigenvalue weighted by atomic mass is 79.9. The maximum atomic E-state index is 13.6. The lowest BCUT2D eigenvalue weighted by atomic mass is 9.91. The Bertz CT molecular complexity index is 1600. The molecule has 0 aliphatic carbocycles. The number of nitrogens with zero attached hydrogens (tertiary/aromatic N) is 2. The molecule has 2 heterocycles. The van der Waals surface area contributed by atoms with Crippen LogP contribution in [-0.2, 0) is 9.59 Å². The number of carbonyl (C=O) groups is 2. The topological polar surface area (TPSA) is 103 Å². The molecule has 1 amide bonds. The number of fused-ring (bicyclic) bond motifs is 1. The van der Waals surface area contributed by atoms with E-state index in [9.17, 15) is 18.8 Å². The van der Waals surface area contributed by atoms with E-state index in [0.717, 1.165) is 15.4 Å². The van der Waals surface area contributed by atoms with E-state index in [1.807, 2.05) is 48.5 Å². The molecule has 0 saturated heterocycles. The molecular formula is C28H21BrFN3O4. The summed E-state index contributed by atoms with van der Waals surface area (Å²) in [4.78, 5) is 40.6. The van der Waals surface area contributed by atoms with Crippen LogP contribution >= 0.6 is 15.9 Å². The fraction of sp³-hybridized carbons (Fsp3) is 0.143. The summed E-state index contributed by atoms with van der Waals surface area (Å²) < 4.78 is 14.5. The number of pyridine rings is 1. The predicted octanol–water partition coefficient (Wildman–Crippen LogP) is 5.64. The number of benzene rings is 3. The van der Waals surface area contributed by atoms with Crippen molar-refractivity contribution in [3.8, 4) is 11.1 Å². The fourth-order valence-corrected chi connectivity index (χ4v) is 4.97. The van der Waals surface area contributed by atoms with Gasteiger partial charge in [-0.25, -0.2) is 9.40 Å². The number of halogens is 2. The number of hydrogen-bond acceptors (Lipinski definition) is 4. The largest absolute Gasteiger partial charge is 0.481 e. The lowest BCUT2D eigenvalue weighted by Crippen LogP contribution is -2.27. The van der Waals surface area contributed by atoms with E-state index < -0.39 is 23.7 Å². The molecule has 37 heavy (non-hydrogen) atoms. The summed E-state index contributed by atoms with van der Waals surface area (Å²) in [5.74, 6) is -2.01. The summed E-state index contributed by atoms with van der Waals surface area (Å²) in [7, 11) is 0. The molecule has 1 aliphatic rings. The summed E-state index contributed by atoms with van der Waals surface area (Å²) >= 11 is 3.52. The van der Waals surface area contributed by atoms with E-state index >= 15 is 0 Å². The van der Waals surface area contributed by atoms with Gasteiger partial charge < -0.3 is 10.1 Å². The van der Waals surface area contributed by atoms with Crippen molar-refractivity contribution < 1.29 is 19.1 Å². The van der Waals surface area contributed by atoms with Gasteiger partial charge in [-0.15, -0.1) is 0 Å². The van der Waals surface area contributed by atoms with Crippen LogP contribution in [0.15, 0.2) is 87.2 Å². The number of nitrogens with one attached hydrogen (secondary N) is 1. The van der Waals surface area contributed by atoms with Crippen molar-refractivity contribution in [2.24, 2.45) is 5.10 Å². The molecule has 1 aromatic heterocycles. The summed E-state index contributed by atoms with van der Waals surface area (Å²) in [5.41, 5.74) is 3.13. The summed E-state index contributed by atoms with van der Waals surface area (Å²) in [6.07, 6.45) is -0.403. The van der Waals surface area contributed by atoms with E-state index in [1.165, 1.54) is 17.1 Å². The number of carbonyl (C=O) groups excluding carboxylic acids is 1. The Morgan fingerprint density at radius 1 is 1.03 bits per heavy atom. The highest BCUT2D eigenvalue weighted by Gasteiger charge is 2.35. The molecule has 7 nitrogen and oxygen atoms in total. The standard InChI is InChI=1S/C28H21BrFN3O4/c29-18-8-11-21-20(14-18)26(17-4-2-1-3-5-17)27(28(37)31-21)22-15-23(16-6-9-19(30)10-7-16)33(32-22)24(34)12-13-25(35)36/h1-11,14,23H,12-13,15H2,(H,31,37)(H,35,36). The average Bonchev–Trinajstić information content (AvgIpc) is 3.32. The van der Waals surface area contributed by atoms with E-state index in [4.69, 9.17) is 5.11 Å². The smallest absolute Gasteiger partial charge is 0.303 e. The van der Waals surface area contributed by atoms with Gasteiger partial charge in [-0.05, 0) is 41.5 Å². The molecular weight excluding hydrogens is 541 g/mol. The minimum absolute atomic E-state index is 0.201. The van der Waals surface area contributed by atoms with Crippen LogP contribution < -0.4 is 5.56 Å². The quantitative estimate of drug-likeness (QED) is 0.318. The van der Waals surface area contributed by atoms with Crippen molar-refractivity contribution in [2.45, 2.75) is 25.3 Å². The fourth-order valence-electron chi connectivity index (χ4n) is 4.61. The van der Waals surface area contributed by atoms with Gasteiger partial charge in [-0.3, -0.25) is 14.4 Å². The van der Waals surface area contributed by atoms with E-state index in [2.05, 4.69) is 26.0 Å². The van der Waals surface area contributed by atoms with Crippen LogP contribution in [0.1, 0.15) is 36.4 Å². The summed E-state index contributed by atoms with van der Waals surface area (Å²) in [6, 6.07) is 20.1. The number of rotatable bonds is 6. The van der Waals surface area contributed by atoms with E-state index in [-0.39, 0.29) is 24.8 Å². The second-order valence-electron chi connectivity index (χ2n) is 8.71. The minimum atomic E-state index is -1.10. The number of hydrogen-bond donors (Lipinski definition) is 2. The molecule has 0 fully saturated rings. The van der Waals surface area contributed by atoms with Gasteiger partial charge in [0.1, 0.15) is 5.82 Å². The SMILES string of the molecule is O=C(O)CCC(=O)N1N=C(c2c(-c3ccccc3)c3cc(Br)ccc3[nH]c2=O)CC1c1ccc(F)cc1. The third-order valence-corrected chi connectivity index (χ3v) is 6.79. The zero-order valence-corrected chi connectivity index (χ0v) is 21.0. The second kappa shape index (κ2) is 10.1. The average molecular weight is 562 g/mol. The number of hydrazone groups is 1. The van der Waals surface area contributed by atoms with E-state index in [0.29, 0.717) is 27.9 Å². The second-order valence-corrected chi connectivity index (χ2v) is 9.63. The molecule has 9 heteroatoms. The molecule has 4 aromatic rings. The third-order valence-electron chi connectivity index (χ3n) is 6.30. The van der Waals surface area contributed by atoms with Gasteiger partial charge in [0.2, 0.25) is 5.91 Å². The van der Waals surface area contributed by atoms with Crippen molar-refractivity contribution >= 4 is 44.4 Å².